The van der Waals surface area contributed by atoms with Crippen molar-refractivity contribution in [2.75, 3.05) is 5.32 Å². The maximum Gasteiger partial charge on any atom is 0.0725 e. The monoisotopic (exact) mass is 256 g/mol. The zero-order chi connectivity index (χ0) is 13.1. The van der Waals surface area contributed by atoms with Crippen LogP contribution in [0.3, 0.4) is 0 Å². The molecule has 0 saturated heterocycles. The first-order valence-corrected chi connectivity index (χ1v) is 7.08. The van der Waals surface area contributed by atoms with E-state index in [1.807, 2.05) is 10.9 Å². The summed E-state index contributed by atoms with van der Waals surface area (Å²) in [4.78, 5) is 0. The smallest absolute Gasteiger partial charge is 0.0725 e. The van der Waals surface area contributed by atoms with Crippen molar-refractivity contribution in [2.24, 2.45) is 0 Å². The highest BCUT2D eigenvalue weighted by molar-refractivity contribution is 5.53. The molecule has 1 N–H and O–H groups in total. The van der Waals surface area contributed by atoms with Crippen molar-refractivity contribution in [1.82, 2.24) is 15.0 Å². The lowest BCUT2D eigenvalue weighted by Gasteiger charge is -2.27. The number of anilines is 1. The van der Waals surface area contributed by atoms with Gasteiger partial charge in [0, 0.05) is 24.7 Å². The molecule has 0 spiro atoms. The third kappa shape index (κ3) is 2.62. The van der Waals surface area contributed by atoms with Gasteiger partial charge in [-0.05, 0) is 30.9 Å². The SMILES string of the molecule is CCCn1nncc1CC1CCc2ccccc2N1. The van der Waals surface area contributed by atoms with Crippen LogP contribution >= 0.6 is 0 Å². The van der Waals surface area contributed by atoms with Crippen molar-refractivity contribution in [1.29, 1.82) is 0 Å². The number of fused-ring (bicyclic) bond motifs is 1. The zero-order valence-electron chi connectivity index (χ0n) is 11.3. The van der Waals surface area contributed by atoms with Crippen molar-refractivity contribution in [3.63, 3.8) is 0 Å². The van der Waals surface area contributed by atoms with Crippen LogP contribution in [-0.2, 0) is 19.4 Å². The van der Waals surface area contributed by atoms with E-state index < -0.39 is 0 Å². The number of hydrogen-bond acceptors (Lipinski definition) is 3. The zero-order valence-corrected chi connectivity index (χ0v) is 11.3. The van der Waals surface area contributed by atoms with Gasteiger partial charge in [0.15, 0.2) is 0 Å². The summed E-state index contributed by atoms with van der Waals surface area (Å²) >= 11 is 0. The molecule has 0 fully saturated rings. The molecule has 0 radical (unpaired) electrons. The highest BCUT2D eigenvalue weighted by atomic mass is 15.4. The average Bonchev–Trinajstić information content (AvgIpc) is 2.86. The third-order valence-corrected chi connectivity index (χ3v) is 3.73. The fourth-order valence-corrected chi connectivity index (χ4v) is 2.74. The van der Waals surface area contributed by atoms with Crippen LogP contribution in [0.4, 0.5) is 5.69 Å². The molecule has 100 valence electrons. The van der Waals surface area contributed by atoms with Crippen LogP contribution in [0.2, 0.25) is 0 Å². The van der Waals surface area contributed by atoms with Gasteiger partial charge >= 0.3 is 0 Å². The van der Waals surface area contributed by atoms with Crippen LogP contribution in [0, 0.1) is 0 Å². The molecule has 1 aliphatic heterocycles. The predicted octanol–water partition coefficient (Wildman–Crippen LogP) is 2.66. The molecule has 1 aromatic carbocycles. The van der Waals surface area contributed by atoms with Gasteiger partial charge in [-0.25, -0.2) is 4.68 Å². The van der Waals surface area contributed by atoms with E-state index in [9.17, 15) is 0 Å². The highest BCUT2D eigenvalue weighted by Gasteiger charge is 2.19. The maximum atomic E-state index is 4.15. The molecule has 3 rings (SSSR count). The van der Waals surface area contributed by atoms with E-state index in [1.54, 1.807) is 0 Å². The lowest BCUT2D eigenvalue weighted by Crippen LogP contribution is -2.28. The Balaban J connectivity index is 1.70. The number of nitrogens with zero attached hydrogens (tertiary/aromatic N) is 3. The van der Waals surface area contributed by atoms with Crippen molar-refractivity contribution >= 4 is 5.69 Å². The minimum absolute atomic E-state index is 0.490. The molecule has 0 saturated carbocycles. The van der Waals surface area contributed by atoms with Crippen LogP contribution in [-0.4, -0.2) is 21.0 Å². The number of para-hydroxylation sites is 1. The summed E-state index contributed by atoms with van der Waals surface area (Å²) in [6.45, 7) is 3.12. The van der Waals surface area contributed by atoms with E-state index in [2.05, 4.69) is 46.8 Å². The molecule has 2 aromatic rings. The van der Waals surface area contributed by atoms with E-state index in [1.165, 1.54) is 23.4 Å². The lowest BCUT2D eigenvalue weighted by atomic mass is 9.95. The fourth-order valence-electron chi connectivity index (χ4n) is 2.74. The van der Waals surface area contributed by atoms with Gasteiger partial charge in [0.2, 0.25) is 0 Å². The van der Waals surface area contributed by atoms with Gasteiger partial charge in [-0.1, -0.05) is 30.3 Å². The summed E-state index contributed by atoms with van der Waals surface area (Å²) < 4.78 is 2.03. The standard InChI is InChI=1S/C15H20N4/c1-2-9-19-14(11-16-18-19)10-13-8-7-12-5-3-4-6-15(12)17-13/h3-6,11,13,17H,2,7-10H2,1H3. The van der Waals surface area contributed by atoms with E-state index >= 15 is 0 Å². The van der Waals surface area contributed by atoms with E-state index in [4.69, 9.17) is 0 Å². The summed E-state index contributed by atoms with van der Waals surface area (Å²) in [5.74, 6) is 0. The Labute approximate surface area is 113 Å². The first-order chi connectivity index (χ1) is 9.36. The topological polar surface area (TPSA) is 42.7 Å². The minimum Gasteiger partial charge on any atom is -0.382 e. The van der Waals surface area contributed by atoms with Gasteiger partial charge in [-0.2, -0.15) is 0 Å². The van der Waals surface area contributed by atoms with E-state index in [0.717, 1.165) is 25.8 Å². The Bertz CT molecular complexity index is 547. The largest absolute Gasteiger partial charge is 0.382 e. The second-order valence-electron chi connectivity index (χ2n) is 5.19. The minimum atomic E-state index is 0.490. The first-order valence-electron chi connectivity index (χ1n) is 7.08. The Morgan fingerprint density at radius 2 is 2.26 bits per heavy atom. The number of nitrogens with one attached hydrogen (secondary N) is 1. The molecule has 1 unspecified atom stereocenters. The average molecular weight is 256 g/mol. The molecule has 0 amide bonds. The summed E-state index contributed by atoms with van der Waals surface area (Å²) in [6, 6.07) is 9.08. The quantitative estimate of drug-likeness (QED) is 0.914. The fraction of sp³-hybridized carbons (Fsp3) is 0.467. The van der Waals surface area contributed by atoms with Crippen LogP contribution in [0.5, 0.6) is 0 Å². The van der Waals surface area contributed by atoms with Gasteiger partial charge in [-0.15, -0.1) is 5.10 Å². The van der Waals surface area contributed by atoms with Crippen LogP contribution in [0.15, 0.2) is 30.5 Å². The van der Waals surface area contributed by atoms with Crippen molar-refractivity contribution in [3.8, 4) is 0 Å². The van der Waals surface area contributed by atoms with Crippen LogP contribution in [0.25, 0.3) is 0 Å². The maximum absolute atomic E-state index is 4.15. The summed E-state index contributed by atoms with van der Waals surface area (Å²) in [5.41, 5.74) is 3.95. The Kier molecular flexibility index (Phi) is 3.49. The summed E-state index contributed by atoms with van der Waals surface area (Å²) in [7, 11) is 0. The number of aromatic nitrogens is 3. The molecule has 1 aromatic heterocycles. The second kappa shape index (κ2) is 5.43. The molecule has 1 atom stereocenters. The van der Waals surface area contributed by atoms with Crippen LogP contribution in [0.1, 0.15) is 31.0 Å². The number of benzene rings is 1. The second-order valence-corrected chi connectivity index (χ2v) is 5.19. The highest BCUT2D eigenvalue weighted by Crippen LogP contribution is 2.25. The van der Waals surface area contributed by atoms with Crippen molar-refractivity contribution < 1.29 is 0 Å². The Morgan fingerprint density at radius 3 is 3.16 bits per heavy atom. The first kappa shape index (κ1) is 12.2. The van der Waals surface area contributed by atoms with E-state index in [-0.39, 0.29) is 0 Å². The van der Waals surface area contributed by atoms with Gasteiger partial charge in [0.05, 0.1) is 11.9 Å². The normalized spacial score (nSPS) is 17.8. The molecule has 4 nitrogen and oxygen atoms in total. The van der Waals surface area contributed by atoms with Gasteiger partial charge < -0.3 is 5.32 Å². The molecule has 0 aliphatic carbocycles. The van der Waals surface area contributed by atoms with E-state index in [0.29, 0.717) is 6.04 Å². The van der Waals surface area contributed by atoms with Crippen molar-refractivity contribution in [2.45, 2.75) is 45.2 Å². The summed E-state index contributed by atoms with van der Waals surface area (Å²) in [5, 5.41) is 11.8. The predicted molar refractivity (Wildman–Crippen MR) is 76.2 cm³/mol. The molecular formula is C15H20N4. The number of aryl methyl sites for hydroxylation is 2. The summed E-state index contributed by atoms with van der Waals surface area (Å²) in [6.07, 6.45) is 6.33. The van der Waals surface area contributed by atoms with Gasteiger partial charge in [0.25, 0.3) is 0 Å². The van der Waals surface area contributed by atoms with Crippen LogP contribution < -0.4 is 5.32 Å². The third-order valence-electron chi connectivity index (χ3n) is 3.73. The molecule has 19 heavy (non-hydrogen) atoms. The number of rotatable bonds is 4. The van der Waals surface area contributed by atoms with Gasteiger partial charge in [0.1, 0.15) is 0 Å². The molecule has 0 bridgehead atoms. The lowest BCUT2D eigenvalue weighted by molar-refractivity contribution is 0.531. The molecule has 1 aliphatic rings. The molecule has 4 heteroatoms. The molecular weight excluding hydrogens is 236 g/mol. The Hall–Kier alpha value is -1.84. The van der Waals surface area contributed by atoms with Crippen molar-refractivity contribution in [3.05, 3.63) is 41.7 Å². The van der Waals surface area contributed by atoms with Gasteiger partial charge in [-0.3, -0.25) is 0 Å². The number of hydrogen-bond donors (Lipinski definition) is 1. The Morgan fingerprint density at radius 1 is 1.37 bits per heavy atom. The molecule has 2 heterocycles.